The van der Waals surface area contributed by atoms with E-state index in [0.29, 0.717) is 19.0 Å². The first kappa shape index (κ1) is 15.3. The predicted octanol–water partition coefficient (Wildman–Crippen LogP) is 0.203. The van der Waals surface area contributed by atoms with Crippen LogP contribution >= 0.6 is 0 Å². The number of nitrogens with two attached hydrogens (primary N) is 1. The zero-order chi connectivity index (χ0) is 15.6. The summed E-state index contributed by atoms with van der Waals surface area (Å²) in [5.41, 5.74) is 5.26. The summed E-state index contributed by atoms with van der Waals surface area (Å²) in [5.74, 6) is 0.584. The Balaban J connectivity index is 2.20. The maximum Gasteiger partial charge on any atom is 0.323 e. The average Bonchev–Trinajstić information content (AvgIpc) is 2.80. The first-order valence-electron chi connectivity index (χ1n) is 6.99. The molecule has 1 aliphatic rings. The largest absolute Gasteiger partial charge is 0.461 e. The van der Waals surface area contributed by atoms with Gasteiger partial charge in [0.25, 0.3) is 0 Å². The summed E-state index contributed by atoms with van der Waals surface area (Å²) in [5, 5.41) is 2.70. The fourth-order valence-electron chi connectivity index (χ4n) is 2.38. The molecule has 116 valence electrons. The Morgan fingerprint density at radius 3 is 2.76 bits per heavy atom. The number of aromatic nitrogens is 3. The summed E-state index contributed by atoms with van der Waals surface area (Å²) in [6.07, 6.45) is 0.688. The smallest absolute Gasteiger partial charge is 0.323 e. The highest BCUT2D eigenvalue weighted by Crippen LogP contribution is 2.32. The second-order valence-electron chi connectivity index (χ2n) is 5.75. The highest BCUT2D eigenvalue weighted by molar-refractivity contribution is 5.83. The maximum absolute atomic E-state index is 12.0. The van der Waals surface area contributed by atoms with Gasteiger partial charge in [-0.2, -0.15) is 15.0 Å². The third kappa shape index (κ3) is 3.32. The number of carbonyl (C=O) groups excluding carboxylic acids is 1. The Bertz CT molecular complexity index is 535. The van der Waals surface area contributed by atoms with Gasteiger partial charge < -0.3 is 20.7 Å². The molecule has 0 spiro atoms. The average molecular weight is 294 g/mol. The number of carbonyl (C=O) groups is 1. The topological polar surface area (TPSA) is 106 Å². The van der Waals surface area contributed by atoms with Gasteiger partial charge in [0, 0.05) is 20.1 Å². The van der Waals surface area contributed by atoms with Crippen LogP contribution in [0.1, 0.15) is 27.2 Å². The molecule has 8 nitrogen and oxygen atoms in total. The highest BCUT2D eigenvalue weighted by atomic mass is 16.5. The van der Waals surface area contributed by atoms with Crippen molar-refractivity contribution >= 4 is 17.8 Å². The zero-order valence-corrected chi connectivity index (χ0v) is 12.9. The SMILES string of the molecule is CNC(=O)C1(C)CCN(c2nc(N)nc(OC(C)C)n2)C1. The Morgan fingerprint density at radius 2 is 2.14 bits per heavy atom. The summed E-state index contributed by atoms with van der Waals surface area (Å²) in [4.78, 5) is 26.3. The van der Waals surface area contributed by atoms with Gasteiger partial charge in [-0.05, 0) is 27.2 Å². The lowest BCUT2D eigenvalue weighted by Gasteiger charge is -2.22. The lowest BCUT2D eigenvalue weighted by atomic mass is 9.89. The number of anilines is 2. The van der Waals surface area contributed by atoms with Crippen LogP contribution in [0.4, 0.5) is 11.9 Å². The lowest BCUT2D eigenvalue weighted by Crippen LogP contribution is -2.39. The monoisotopic (exact) mass is 294 g/mol. The van der Waals surface area contributed by atoms with Gasteiger partial charge >= 0.3 is 6.01 Å². The van der Waals surface area contributed by atoms with Gasteiger partial charge in [-0.25, -0.2) is 0 Å². The van der Waals surface area contributed by atoms with Gasteiger partial charge in [-0.3, -0.25) is 4.79 Å². The van der Waals surface area contributed by atoms with Crippen molar-refractivity contribution in [2.75, 3.05) is 30.8 Å². The van der Waals surface area contributed by atoms with Crippen LogP contribution in [-0.2, 0) is 4.79 Å². The number of nitrogens with zero attached hydrogens (tertiary/aromatic N) is 4. The van der Waals surface area contributed by atoms with Crippen LogP contribution in [0.15, 0.2) is 0 Å². The molecule has 0 radical (unpaired) electrons. The van der Waals surface area contributed by atoms with Crippen molar-refractivity contribution in [1.82, 2.24) is 20.3 Å². The van der Waals surface area contributed by atoms with E-state index in [4.69, 9.17) is 10.5 Å². The lowest BCUT2D eigenvalue weighted by molar-refractivity contribution is -0.128. The first-order valence-corrected chi connectivity index (χ1v) is 6.99. The number of nitrogen functional groups attached to an aromatic ring is 1. The third-order valence-corrected chi connectivity index (χ3v) is 3.49. The Kier molecular flexibility index (Phi) is 4.15. The molecule has 0 aliphatic carbocycles. The molecule has 1 unspecified atom stereocenters. The maximum atomic E-state index is 12.0. The quantitative estimate of drug-likeness (QED) is 0.817. The van der Waals surface area contributed by atoms with Crippen LogP contribution in [0, 0.1) is 5.41 Å². The van der Waals surface area contributed by atoms with Gasteiger partial charge in [0.15, 0.2) is 0 Å². The van der Waals surface area contributed by atoms with E-state index in [1.165, 1.54) is 0 Å². The minimum Gasteiger partial charge on any atom is -0.461 e. The molecule has 0 bridgehead atoms. The molecular formula is C13H22N6O2. The van der Waals surface area contributed by atoms with Gasteiger partial charge in [-0.1, -0.05) is 0 Å². The van der Waals surface area contributed by atoms with E-state index in [-0.39, 0.29) is 24.0 Å². The Hall–Kier alpha value is -2.12. The van der Waals surface area contributed by atoms with Crippen LogP contribution in [0.25, 0.3) is 0 Å². The third-order valence-electron chi connectivity index (χ3n) is 3.49. The van der Waals surface area contributed by atoms with Crippen molar-refractivity contribution in [2.24, 2.45) is 5.41 Å². The molecule has 21 heavy (non-hydrogen) atoms. The second kappa shape index (κ2) is 5.71. The molecule has 2 heterocycles. The molecule has 1 fully saturated rings. The normalized spacial score (nSPS) is 21.7. The fourth-order valence-corrected chi connectivity index (χ4v) is 2.38. The molecule has 8 heteroatoms. The molecule has 1 atom stereocenters. The highest BCUT2D eigenvalue weighted by Gasteiger charge is 2.40. The summed E-state index contributed by atoms with van der Waals surface area (Å²) in [7, 11) is 1.64. The molecule has 1 amide bonds. The molecule has 1 aromatic rings. The molecule has 0 aromatic carbocycles. The van der Waals surface area contributed by atoms with Crippen molar-refractivity contribution in [3.63, 3.8) is 0 Å². The molecule has 1 aromatic heterocycles. The number of hydrogen-bond acceptors (Lipinski definition) is 7. The van der Waals surface area contributed by atoms with Crippen molar-refractivity contribution in [1.29, 1.82) is 0 Å². The van der Waals surface area contributed by atoms with Crippen LogP contribution < -0.4 is 20.7 Å². The second-order valence-corrected chi connectivity index (χ2v) is 5.75. The van der Waals surface area contributed by atoms with E-state index in [2.05, 4.69) is 20.3 Å². The molecule has 2 rings (SSSR count). The van der Waals surface area contributed by atoms with E-state index >= 15 is 0 Å². The van der Waals surface area contributed by atoms with Gasteiger partial charge in [0.1, 0.15) is 0 Å². The first-order chi connectivity index (χ1) is 9.84. The summed E-state index contributed by atoms with van der Waals surface area (Å²) in [6, 6.07) is 0.209. The Morgan fingerprint density at radius 1 is 1.43 bits per heavy atom. The van der Waals surface area contributed by atoms with E-state index in [9.17, 15) is 4.79 Å². The predicted molar refractivity (Wildman–Crippen MR) is 79.0 cm³/mol. The Labute approximate surface area is 124 Å². The molecule has 1 saturated heterocycles. The van der Waals surface area contributed by atoms with E-state index in [1.54, 1.807) is 7.05 Å². The van der Waals surface area contributed by atoms with Crippen LogP contribution in [0.3, 0.4) is 0 Å². The zero-order valence-electron chi connectivity index (χ0n) is 12.9. The van der Waals surface area contributed by atoms with Gasteiger partial charge in [0.2, 0.25) is 17.8 Å². The number of rotatable bonds is 4. The summed E-state index contributed by atoms with van der Waals surface area (Å²) >= 11 is 0. The molecule has 1 aliphatic heterocycles. The minimum absolute atomic E-state index is 0.0191. The van der Waals surface area contributed by atoms with Crippen molar-refractivity contribution in [3.05, 3.63) is 0 Å². The van der Waals surface area contributed by atoms with Crippen molar-refractivity contribution < 1.29 is 9.53 Å². The number of amides is 1. The van der Waals surface area contributed by atoms with Crippen LogP contribution in [0.2, 0.25) is 0 Å². The summed E-state index contributed by atoms with van der Waals surface area (Å²) < 4.78 is 5.47. The number of nitrogens with one attached hydrogen (secondary N) is 1. The molecule has 0 saturated carbocycles. The fraction of sp³-hybridized carbons (Fsp3) is 0.692. The summed E-state index contributed by atoms with van der Waals surface area (Å²) in [6.45, 7) is 6.93. The van der Waals surface area contributed by atoms with Crippen LogP contribution in [0.5, 0.6) is 6.01 Å². The number of hydrogen-bond donors (Lipinski definition) is 2. The van der Waals surface area contributed by atoms with Crippen molar-refractivity contribution in [2.45, 2.75) is 33.3 Å². The van der Waals surface area contributed by atoms with Crippen LogP contribution in [-0.4, -0.2) is 47.1 Å². The van der Waals surface area contributed by atoms with E-state index < -0.39 is 5.41 Å². The minimum atomic E-state index is -0.449. The van der Waals surface area contributed by atoms with E-state index in [1.807, 2.05) is 25.7 Å². The standard InChI is InChI=1S/C13H22N6O2/c1-8(2)21-12-17-10(14)16-11(18-12)19-6-5-13(3,7-19)9(20)15-4/h8H,5-7H2,1-4H3,(H,15,20)(H2,14,16,17,18). The number of ether oxygens (including phenoxy) is 1. The van der Waals surface area contributed by atoms with Crippen molar-refractivity contribution in [3.8, 4) is 6.01 Å². The van der Waals surface area contributed by atoms with Gasteiger partial charge in [0.05, 0.1) is 11.5 Å². The van der Waals surface area contributed by atoms with Gasteiger partial charge in [-0.15, -0.1) is 0 Å². The van der Waals surface area contributed by atoms with E-state index in [0.717, 1.165) is 6.42 Å². The molecule has 3 N–H and O–H groups in total. The molecular weight excluding hydrogens is 272 g/mol.